The lowest BCUT2D eigenvalue weighted by Crippen LogP contribution is -1.98. The fourth-order valence-electron chi connectivity index (χ4n) is 0.829. The third kappa shape index (κ3) is 1.72. The van der Waals surface area contributed by atoms with Gasteiger partial charge in [-0.3, -0.25) is 4.99 Å². The van der Waals surface area contributed by atoms with Crippen molar-refractivity contribution in [3.05, 3.63) is 17.7 Å². The van der Waals surface area contributed by atoms with Crippen molar-refractivity contribution >= 4 is 12.0 Å². The Morgan fingerprint density at radius 1 is 1.58 bits per heavy atom. The lowest BCUT2D eigenvalue weighted by molar-refractivity contribution is 0.398. The molecule has 2 N–H and O–H groups in total. The third-order valence-electron chi connectivity index (χ3n) is 1.41. The minimum atomic E-state index is 0.431. The molecular weight excluding hydrogens is 154 g/mol. The number of rotatable bonds is 2. The minimum Gasteiger partial charge on any atom is -0.481 e. The van der Waals surface area contributed by atoms with E-state index < -0.39 is 0 Å². The van der Waals surface area contributed by atoms with E-state index in [4.69, 9.17) is 10.5 Å². The summed E-state index contributed by atoms with van der Waals surface area (Å²) in [5.74, 6) is 0.945. The van der Waals surface area contributed by atoms with E-state index in [0.29, 0.717) is 11.7 Å². The minimum absolute atomic E-state index is 0.431. The van der Waals surface area contributed by atoms with E-state index in [1.807, 2.05) is 6.07 Å². The largest absolute Gasteiger partial charge is 0.481 e. The zero-order valence-corrected chi connectivity index (χ0v) is 7.11. The Kier molecular flexibility index (Phi) is 2.63. The molecule has 0 spiro atoms. The number of pyridine rings is 1. The molecule has 1 aromatic rings. The Morgan fingerprint density at radius 2 is 2.33 bits per heavy atom. The SMILES string of the molecule is CN=Cc1ccc(OC)nc1N. The molecule has 64 valence electrons. The molecule has 0 bridgehead atoms. The zero-order valence-electron chi connectivity index (χ0n) is 7.11. The Labute approximate surface area is 71.1 Å². The maximum atomic E-state index is 5.60. The summed E-state index contributed by atoms with van der Waals surface area (Å²) in [6, 6.07) is 3.56. The smallest absolute Gasteiger partial charge is 0.214 e. The van der Waals surface area contributed by atoms with Crippen LogP contribution in [0.1, 0.15) is 5.56 Å². The van der Waals surface area contributed by atoms with Crippen LogP contribution < -0.4 is 10.5 Å². The second kappa shape index (κ2) is 3.71. The highest BCUT2D eigenvalue weighted by atomic mass is 16.5. The Hall–Kier alpha value is -1.58. The van der Waals surface area contributed by atoms with Crippen molar-refractivity contribution in [1.82, 2.24) is 4.98 Å². The highest BCUT2D eigenvalue weighted by Gasteiger charge is 1.98. The van der Waals surface area contributed by atoms with Crippen molar-refractivity contribution < 1.29 is 4.74 Å². The zero-order chi connectivity index (χ0) is 8.97. The second-order valence-electron chi connectivity index (χ2n) is 2.22. The van der Waals surface area contributed by atoms with Crippen LogP contribution in [0.2, 0.25) is 0 Å². The molecule has 1 rings (SSSR count). The maximum Gasteiger partial charge on any atom is 0.214 e. The molecule has 12 heavy (non-hydrogen) atoms. The van der Waals surface area contributed by atoms with Crippen LogP contribution in [-0.4, -0.2) is 25.4 Å². The predicted octanol–water partition coefficient (Wildman–Crippen LogP) is 0.721. The molecule has 1 aromatic heterocycles. The van der Waals surface area contributed by atoms with Gasteiger partial charge in [-0.2, -0.15) is 4.98 Å². The van der Waals surface area contributed by atoms with Gasteiger partial charge in [-0.05, 0) is 6.07 Å². The predicted molar refractivity (Wildman–Crippen MR) is 48.7 cm³/mol. The summed E-state index contributed by atoms with van der Waals surface area (Å²) in [6.07, 6.45) is 1.65. The first-order valence-electron chi connectivity index (χ1n) is 3.50. The number of hydrogen-bond donors (Lipinski definition) is 1. The topological polar surface area (TPSA) is 60.5 Å². The van der Waals surface area contributed by atoms with Crippen molar-refractivity contribution in [2.45, 2.75) is 0 Å². The number of nitrogens with zero attached hydrogens (tertiary/aromatic N) is 2. The normalized spacial score (nSPS) is 10.5. The van der Waals surface area contributed by atoms with Gasteiger partial charge in [0.2, 0.25) is 5.88 Å². The van der Waals surface area contributed by atoms with Crippen LogP contribution >= 0.6 is 0 Å². The van der Waals surface area contributed by atoms with Crippen LogP contribution in [0, 0.1) is 0 Å². The number of nitrogen functional groups attached to an aromatic ring is 1. The summed E-state index contributed by atoms with van der Waals surface area (Å²) in [5, 5.41) is 0. The number of methoxy groups -OCH3 is 1. The van der Waals surface area contributed by atoms with Crippen LogP contribution in [0.15, 0.2) is 17.1 Å². The van der Waals surface area contributed by atoms with Gasteiger partial charge in [-0.15, -0.1) is 0 Å². The van der Waals surface area contributed by atoms with Crippen LogP contribution in [0.4, 0.5) is 5.82 Å². The lowest BCUT2D eigenvalue weighted by atomic mass is 10.3. The van der Waals surface area contributed by atoms with Gasteiger partial charge in [-0.1, -0.05) is 0 Å². The summed E-state index contributed by atoms with van der Waals surface area (Å²) in [6.45, 7) is 0. The number of anilines is 1. The molecule has 4 nitrogen and oxygen atoms in total. The molecule has 1 heterocycles. The van der Waals surface area contributed by atoms with Gasteiger partial charge in [0.1, 0.15) is 5.82 Å². The molecule has 0 aromatic carbocycles. The van der Waals surface area contributed by atoms with Crippen LogP contribution in [0.5, 0.6) is 5.88 Å². The average Bonchev–Trinajstić information content (AvgIpc) is 2.09. The van der Waals surface area contributed by atoms with Crippen LogP contribution in [0.3, 0.4) is 0 Å². The van der Waals surface area contributed by atoms with Crippen molar-refractivity contribution in [2.24, 2.45) is 4.99 Å². The molecule has 0 fully saturated rings. The maximum absolute atomic E-state index is 5.60. The molecule has 0 aliphatic carbocycles. The Morgan fingerprint density at radius 3 is 2.83 bits per heavy atom. The molecule has 0 aliphatic heterocycles. The molecular formula is C8H11N3O. The number of aliphatic imine (C=N–C) groups is 1. The molecule has 0 radical (unpaired) electrons. The molecule has 0 aliphatic rings. The van der Waals surface area contributed by atoms with E-state index in [9.17, 15) is 0 Å². The van der Waals surface area contributed by atoms with E-state index in [0.717, 1.165) is 5.56 Å². The highest BCUT2D eigenvalue weighted by Crippen LogP contribution is 2.12. The van der Waals surface area contributed by atoms with Gasteiger partial charge in [0.15, 0.2) is 0 Å². The summed E-state index contributed by atoms with van der Waals surface area (Å²) in [5.41, 5.74) is 6.40. The molecule has 0 saturated heterocycles. The molecule has 0 amide bonds. The number of aromatic nitrogens is 1. The van der Waals surface area contributed by atoms with Crippen molar-refractivity contribution in [1.29, 1.82) is 0 Å². The van der Waals surface area contributed by atoms with Gasteiger partial charge < -0.3 is 10.5 Å². The molecule has 0 saturated carbocycles. The highest BCUT2D eigenvalue weighted by molar-refractivity contribution is 5.85. The van der Waals surface area contributed by atoms with Gasteiger partial charge in [0.25, 0.3) is 0 Å². The molecule has 4 heteroatoms. The number of ether oxygens (including phenoxy) is 1. The van der Waals surface area contributed by atoms with E-state index >= 15 is 0 Å². The van der Waals surface area contributed by atoms with Crippen LogP contribution in [-0.2, 0) is 0 Å². The first kappa shape index (κ1) is 8.52. The summed E-state index contributed by atoms with van der Waals surface area (Å²) >= 11 is 0. The first-order chi connectivity index (χ1) is 5.77. The summed E-state index contributed by atoms with van der Waals surface area (Å²) < 4.78 is 4.89. The summed E-state index contributed by atoms with van der Waals surface area (Å²) in [7, 11) is 3.24. The quantitative estimate of drug-likeness (QED) is 0.657. The summed E-state index contributed by atoms with van der Waals surface area (Å²) in [4.78, 5) is 7.81. The number of hydrogen-bond acceptors (Lipinski definition) is 4. The average molecular weight is 165 g/mol. The van der Waals surface area contributed by atoms with E-state index in [1.54, 1.807) is 26.4 Å². The van der Waals surface area contributed by atoms with Gasteiger partial charge >= 0.3 is 0 Å². The molecule has 0 unspecified atom stereocenters. The molecule has 0 atom stereocenters. The fourth-order valence-corrected chi connectivity index (χ4v) is 0.829. The van der Waals surface area contributed by atoms with Crippen molar-refractivity contribution in [3.8, 4) is 5.88 Å². The second-order valence-corrected chi connectivity index (χ2v) is 2.22. The first-order valence-corrected chi connectivity index (χ1v) is 3.50. The monoisotopic (exact) mass is 165 g/mol. The lowest BCUT2D eigenvalue weighted by Gasteiger charge is -2.01. The Balaban J connectivity index is 3.03. The number of nitrogens with two attached hydrogens (primary N) is 1. The van der Waals surface area contributed by atoms with Gasteiger partial charge in [-0.25, -0.2) is 0 Å². The van der Waals surface area contributed by atoms with Gasteiger partial charge in [0.05, 0.1) is 7.11 Å². The Bertz CT molecular complexity index is 296. The van der Waals surface area contributed by atoms with E-state index in [2.05, 4.69) is 9.98 Å². The van der Waals surface area contributed by atoms with E-state index in [-0.39, 0.29) is 0 Å². The fraction of sp³-hybridized carbons (Fsp3) is 0.250. The van der Waals surface area contributed by atoms with E-state index in [1.165, 1.54) is 0 Å². The van der Waals surface area contributed by atoms with Gasteiger partial charge in [0, 0.05) is 24.9 Å². The van der Waals surface area contributed by atoms with Crippen molar-refractivity contribution in [3.63, 3.8) is 0 Å². The third-order valence-corrected chi connectivity index (χ3v) is 1.41. The van der Waals surface area contributed by atoms with Crippen molar-refractivity contribution in [2.75, 3.05) is 19.9 Å². The van der Waals surface area contributed by atoms with Crippen LogP contribution in [0.25, 0.3) is 0 Å². The standard InChI is InChI=1S/C8H11N3O/c1-10-5-6-3-4-7(12-2)11-8(6)9/h3-5H,1-2H3,(H2,9,11).